The van der Waals surface area contributed by atoms with Gasteiger partial charge in [0.2, 0.25) is 5.75 Å². The number of methoxy groups -OCH3 is 3. The number of aryl methyl sites for hydroxylation is 2. The standard InChI is InChI=1S/C36H52N2O3S/c1-10-28(27-17-24(3)16-25(4)18-27)30-22-42-23-31(30)29(19-36(5,6)11-2)32-21-38(15-14-37-32)20-26-12-13-33(39-7)35(41-9)34(26)40-8/h12-13,16-18,22-23,28-29,32,37H,10-11,14-15,19-21H2,1-9H3. The van der Waals surface area contributed by atoms with Crippen LogP contribution in [-0.4, -0.2) is 51.9 Å². The first-order valence-corrected chi connectivity index (χ1v) is 16.5. The highest BCUT2D eigenvalue weighted by Crippen LogP contribution is 2.44. The zero-order chi connectivity index (χ0) is 30.4. The molecule has 5 nitrogen and oxygen atoms in total. The molecule has 3 aromatic rings. The van der Waals surface area contributed by atoms with E-state index >= 15 is 0 Å². The van der Waals surface area contributed by atoms with E-state index in [1.165, 1.54) is 27.8 Å². The van der Waals surface area contributed by atoms with Gasteiger partial charge in [-0.2, -0.15) is 11.3 Å². The van der Waals surface area contributed by atoms with Crippen LogP contribution < -0.4 is 19.5 Å². The van der Waals surface area contributed by atoms with Crippen LogP contribution in [0.2, 0.25) is 0 Å². The van der Waals surface area contributed by atoms with E-state index in [9.17, 15) is 0 Å². The highest BCUT2D eigenvalue weighted by Gasteiger charge is 2.35. The molecule has 0 aliphatic carbocycles. The second kappa shape index (κ2) is 14.3. The molecule has 4 rings (SSSR count). The Kier molecular flexibility index (Phi) is 11.0. The van der Waals surface area contributed by atoms with Gasteiger partial charge in [-0.3, -0.25) is 4.90 Å². The van der Waals surface area contributed by atoms with Gasteiger partial charge < -0.3 is 19.5 Å². The molecule has 0 saturated carbocycles. The maximum atomic E-state index is 5.83. The Bertz CT molecular complexity index is 1300. The first-order valence-electron chi connectivity index (χ1n) is 15.5. The predicted octanol–water partition coefficient (Wildman–Crippen LogP) is 8.32. The first-order chi connectivity index (χ1) is 20.1. The lowest BCUT2D eigenvalue weighted by Crippen LogP contribution is -2.53. The van der Waals surface area contributed by atoms with Crippen molar-refractivity contribution in [2.75, 3.05) is 41.0 Å². The summed E-state index contributed by atoms with van der Waals surface area (Å²) in [7, 11) is 5.05. The Labute approximate surface area is 258 Å². The molecule has 1 aliphatic heterocycles. The van der Waals surface area contributed by atoms with E-state index in [0.29, 0.717) is 29.4 Å². The maximum Gasteiger partial charge on any atom is 0.203 e. The molecule has 0 bridgehead atoms. The summed E-state index contributed by atoms with van der Waals surface area (Å²) in [6.07, 6.45) is 3.41. The van der Waals surface area contributed by atoms with Crippen LogP contribution in [0.25, 0.3) is 0 Å². The van der Waals surface area contributed by atoms with Crippen LogP contribution in [0.4, 0.5) is 0 Å². The first kappa shape index (κ1) is 32.4. The van der Waals surface area contributed by atoms with Crippen molar-refractivity contribution in [1.82, 2.24) is 10.2 Å². The maximum absolute atomic E-state index is 5.83. The third-order valence-corrected chi connectivity index (χ3v) is 10.0. The van der Waals surface area contributed by atoms with Crippen LogP contribution in [0, 0.1) is 19.3 Å². The molecule has 1 saturated heterocycles. The molecule has 1 aliphatic rings. The molecule has 6 heteroatoms. The monoisotopic (exact) mass is 592 g/mol. The van der Waals surface area contributed by atoms with E-state index in [2.05, 4.69) is 86.8 Å². The van der Waals surface area contributed by atoms with Crippen LogP contribution in [0.3, 0.4) is 0 Å². The molecule has 1 aromatic heterocycles. The van der Waals surface area contributed by atoms with Crippen LogP contribution >= 0.6 is 11.3 Å². The van der Waals surface area contributed by atoms with Gasteiger partial charge in [0.1, 0.15) is 0 Å². The molecule has 42 heavy (non-hydrogen) atoms. The second-order valence-corrected chi connectivity index (χ2v) is 13.5. The topological polar surface area (TPSA) is 43.0 Å². The van der Waals surface area contributed by atoms with Crippen molar-refractivity contribution in [3.05, 3.63) is 74.5 Å². The van der Waals surface area contributed by atoms with Crippen LogP contribution in [0.1, 0.15) is 92.2 Å². The Hall–Kier alpha value is -2.54. The molecule has 1 fully saturated rings. The van der Waals surface area contributed by atoms with E-state index < -0.39 is 0 Å². The Morgan fingerprint density at radius 3 is 2.26 bits per heavy atom. The van der Waals surface area contributed by atoms with Gasteiger partial charge in [-0.1, -0.05) is 69.5 Å². The van der Waals surface area contributed by atoms with Crippen molar-refractivity contribution in [3.8, 4) is 17.2 Å². The van der Waals surface area contributed by atoms with Gasteiger partial charge in [0.25, 0.3) is 0 Å². The molecule has 2 aromatic carbocycles. The number of hydrogen-bond acceptors (Lipinski definition) is 6. The van der Waals surface area contributed by atoms with Crippen molar-refractivity contribution in [2.45, 2.75) is 85.2 Å². The van der Waals surface area contributed by atoms with E-state index in [1.54, 1.807) is 21.3 Å². The summed E-state index contributed by atoms with van der Waals surface area (Å²) in [5.74, 6) is 2.95. The number of rotatable bonds is 13. The Morgan fingerprint density at radius 2 is 1.64 bits per heavy atom. The largest absolute Gasteiger partial charge is 0.493 e. The predicted molar refractivity (Wildman–Crippen MR) is 177 cm³/mol. The van der Waals surface area contributed by atoms with Crippen LogP contribution in [0.15, 0.2) is 41.1 Å². The molecular weight excluding hydrogens is 540 g/mol. The lowest BCUT2D eigenvalue weighted by Gasteiger charge is -2.41. The van der Waals surface area contributed by atoms with Crippen LogP contribution in [-0.2, 0) is 6.54 Å². The summed E-state index contributed by atoms with van der Waals surface area (Å²) in [6, 6.07) is 11.5. The Morgan fingerprint density at radius 1 is 0.952 bits per heavy atom. The van der Waals surface area contributed by atoms with Gasteiger partial charge in [0.05, 0.1) is 21.3 Å². The third kappa shape index (κ3) is 7.32. The van der Waals surface area contributed by atoms with E-state index in [1.807, 2.05) is 17.4 Å². The van der Waals surface area contributed by atoms with E-state index in [4.69, 9.17) is 14.2 Å². The summed E-state index contributed by atoms with van der Waals surface area (Å²) in [5, 5.41) is 8.85. The van der Waals surface area contributed by atoms with Gasteiger partial charge in [-0.15, -0.1) is 0 Å². The average Bonchev–Trinajstić information content (AvgIpc) is 3.44. The van der Waals surface area contributed by atoms with Gasteiger partial charge in [0, 0.05) is 49.6 Å². The minimum Gasteiger partial charge on any atom is -0.493 e. The molecule has 0 radical (unpaired) electrons. The molecule has 1 N–H and O–H groups in total. The minimum atomic E-state index is 0.252. The summed E-state index contributed by atoms with van der Waals surface area (Å²) in [6.45, 7) is 17.7. The highest BCUT2D eigenvalue weighted by molar-refractivity contribution is 7.08. The summed E-state index contributed by atoms with van der Waals surface area (Å²) in [4.78, 5) is 2.57. The van der Waals surface area contributed by atoms with Gasteiger partial charge in [0.15, 0.2) is 11.5 Å². The van der Waals surface area contributed by atoms with Crippen molar-refractivity contribution in [3.63, 3.8) is 0 Å². The van der Waals surface area contributed by atoms with Crippen molar-refractivity contribution >= 4 is 11.3 Å². The second-order valence-electron chi connectivity index (χ2n) is 12.8. The molecule has 0 spiro atoms. The lowest BCUT2D eigenvalue weighted by molar-refractivity contribution is 0.156. The average molecular weight is 593 g/mol. The number of nitrogens with zero attached hydrogens (tertiary/aromatic N) is 1. The fraction of sp³-hybridized carbons (Fsp3) is 0.556. The van der Waals surface area contributed by atoms with Gasteiger partial charge in [-0.25, -0.2) is 0 Å². The fourth-order valence-electron chi connectivity index (χ4n) is 6.74. The van der Waals surface area contributed by atoms with E-state index in [-0.39, 0.29) is 5.41 Å². The normalized spacial score (nSPS) is 17.6. The van der Waals surface area contributed by atoms with Gasteiger partial charge in [-0.05, 0) is 65.6 Å². The zero-order valence-electron chi connectivity index (χ0n) is 27.3. The van der Waals surface area contributed by atoms with E-state index in [0.717, 1.165) is 56.8 Å². The molecule has 0 amide bonds. The van der Waals surface area contributed by atoms with Crippen molar-refractivity contribution in [2.24, 2.45) is 5.41 Å². The molecular formula is C36H52N2O3S. The zero-order valence-corrected chi connectivity index (χ0v) is 28.1. The number of benzene rings is 2. The number of hydrogen-bond donors (Lipinski definition) is 1. The molecule has 3 unspecified atom stereocenters. The lowest BCUT2D eigenvalue weighted by atomic mass is 9.73. The quantitative estimate of drug-likeness (QED) is 0.216. The fourth-order valence-corrected chi connectivity index (χ4v) is 7.71. The summed E-state index contributed by atoms with van der Waals surface area (Å²) >= 11 is 1.87. The van der Waals surface area contributed by atoms with Crippen LogP contribution in [0.5, 0.6) is 17.2 Å². The smallest absolute Gasteiger partial charge is 0.203 e. The number of piperazine rings is 1. The van der Waals surface area contributed by atoms with Crippen molar-refractivity contribution < 1.29 is 14.2 Å². The number of ether oxygens (including phenoxy) is 3. The molecule has 3 atom stereocenters. The third-order valence-electron chi connectivity index (χ3n) is 9.24. The van der Waals surface area contributed by atoms with Crippen molar-refractivity contribution in [1.29, 1.82) is 0 Å². The molecule has 230 valence electrons. The number of nitrogens with one attached hydrogen (secondary N) is 1. The number of thiophene rings is 1. The Balaban J connectivity index is 1.67. The minimum absolute atomic E-state index is 0.252. The summed E-state index contributed by atoms with van der Waals surface area (Å²) in [5.41, 5.74) is 8.57. The SMILES string of the molecule is CCC(c1cc(C)cc(C)c1)c1cscc1C(CC(C)(C)CC)C1CN(Cc2ccc(OC)c(OC)c2OC)CCN1. The summed E-state index contributed by atoms with van der Waals surface area (Å²) < 4.78 is 17.0. The molecule has 2 heterocycles. The highest BCUT2D eigenvalue weighted by atomic mass is 32.1. The van der Waals surface area contributed by atoms with Gasteiger partial charge >= 0.3 is 0 Å².